The van der Waals surface area contributed by atoms with Crippen molar-refractivity contribution in [3.8, 4) is 0 Å². The van der Waals surface area contributed by atoms with E-state index >= 15 is 0 Å². The number of hydrogen-bond acceptors (Lipinski definition) is 3. The quantitative estimate of drug-likeness (QED) is 0.523. The molecule has 1 aromatic heterocycles. The maximum atomic E-state index is 11.4. The number of hydrogen-bond donors (Lipinski definition) is 2. The largest absolute Gasteiger partial charge is 0.466 e. The Bertz CT molecular complexity index is 395. The average Bonchev–Trinajstić information content (AvgIpc) is 2.77. The number of carbonyl (C=O) groups excluding carboxylic acids is 1. The summed E-state index contributed by atoms with van der Waals surface area (Å²) in [6.07, 6.45) is 8.12. The summed E-state index contributed by atoms with van der Waals surface area (Å²) in [5, 5.41) is 0. The number of aromatic nitrogens is 2. The van der Waals surface area contributed by atoms with Gasteiger partial charge in [-0.15, -0.1) is 0 Å². The number of nitrogens with one attached hydrogen (secondary N) is 2. The van der Waals surface area contributed by atoms with E-state index in [2.05, 4.69) is 16.9 Å². The van der Waals surface area contributed by atoms with Crippen molar-refractivity contribution in [1.82, 2.24) is 9.97 Å². The van der Waals surface area contributed by atoms with E-state index in [1.54, 1.807) is 6.20 Å². The van der Waals surface area contributed by atoms with Gasteiger partial charge in [0.25, 0.3) is 0 Å². The summed E-state index contributed by atoms with van der Waals surface area (Å²) >= 11 is 0. The van der Waals surface area contributed by atoms with Gasteiger partial charge in [0.15, 0.2) is 0 Å². The first-order valence-corrected chi connectivity index (χ1v) is 6.64. The predicted octanol–water partition coefficient (Wildman–Crippen LogP) is 2.15. The number of H-pyrrole nitrogens is 2. The van der Waals surface area contributed by atoms with E-state index in [-0.39, 0.29) is 11.7 Å². The first-order valence-electron chi connectivity index (χ1n) is 6.64. The summed E-state index contributed by atoms with van der Waals surface area (Å²) in [6.45, 7) is 2.68. The average molecular weight is 254 g/mol. The molecule has 5 heteroatoms. The Kier molecular flexibility index (Phi) is 6.91. The van der Waals surface area contributed by atoms with Gasteiger partial charge in [0.05, 0.1) is 13.0 Å². The number of imidazole rings is 1. The summed E-state index contributed by atoms with van der Waals surface area (Å²) in [5.74, 6) is -0.201. The summed E-state index contributed by atoms with van der Waals surface area (Å²) in [4.78, 5) is 27.3. The summed E-state index contributed by atoms with van der Waals surface area (Å²) in [5.41, 5.74) is 0.495. The molecular weight excluding hydrogens is 232 g/mol. The van der Waals surface area contributed by atoms with Crippen LogP contribution in [-0.2, 0) is 16.0 Å². The lowest BCUT2D eigenvalue weighted by Gasteiger charge is -2.04. The minimum atomic E-state index is -0.241. The molecule has 1 aromatic rings. The van der Waals surface area contributed by atoms with Crippen LogP contribution in [0.4, 0.5) is 0 Å². The third-order valence-electron chi connectivity index (χ3n) is 2.76. The van der Waals surface area contributed by atoms with Crippen LogP contribution >= 0.6 is 0 Å². The highest BCUT2D eigenvalue weighted by molar-refractivity contribution is 5.69. The second-order valence-electron chi connectivity index (χ2n) is 4.40. The van der Waals surface area contributed by atoms with Crippen molar-refractivity contribution in [3.63, 3.8) is 0 Å². The molecule has 0 radical (unpaired) electrons. The molecule has 0 aromatic carbocycles. The maximum absolute atomic E-state index is 11.4. The van der Waals surface area contributed by atoms with Crippen LogP contribution < -0.4 is 5.69 Å². The third-order valence-corrected chi connectivity index (χ3v) is 2.76. The summed E-state index contributed by atoms with van der Waals surface area (Å²) in [6, 6.07) is 0. The molecule has 0 spiro atoms. The van der Waals surface area contributed by atoms with Gasteiger partial charge in [-0.05, 0) is 12.8 Å². The molecule has 0 saturated heterocycles. The van der Waals surface area contributed by atoms with Crippen LogP contribution in [0.3, 0.4) is 0 Å². The Morgan fingerprint density at radius 3 is 2.72 bits per heavy atom. The second-order valence-corrected chi connectivity index (χ2v) is 4.40. The number of esters is 1. The molecule has 18 heavy (non-hydrogen) atoms. The number of ether oxygens (including phenoxy) is 1. The fourth-order valence-corrected chi connectivity index (χ4v) is 1.71. The minimum Gasteiger partial charge on any atom is -0.466 e. The topological polar surface area (TPSA) is 75.0 Å². The molecule has 0 aliphatic carbocycles. The fourth-order valence-electron chi connectivity index (χ4n) is 1.71. The Morgan fingerprint density at radius 2 is 2.06 bits per heavy atom. The lowest BCUT2D eigenvalue weighted by molar-refractivity contribution is -0.143. The molecule has 0 atom stereocenters. The molecule has 0 saturated carbocycles. The number of aromatic amines is 2. The standard InChI is InChI=1S/C13H22N2O3/c1-2-3-4-5-6-9-18-12(16)8-7-11-10-14-13(17)15-11/h10H,2-9H2,1H3,(H2,14,15,17). The van der Waals surface area contributed by atoms with Crippen molar-refractivity contribution >= 4 is 5.97 Å². The van der Waals surface area contributed by atoms with E-state index in [0.29, 0.717) is 19.4 Å². The monoisotopic (exact) mass is 254 g/mol. The molecule has 2 N–H and O–H groups in total. The Hall–Kier alpha value is -1.52. The van der Waals surface area contributed by atoms with Crippen molar-refractivity contribution in [2.75, 3.05) is 6.61 Å². The molecule has 0 aliphatic heterocycles. The molecule has 0 unspecified atom stereocenters. The SMILES string of the molecule is CCCCCCCOC(=O)CCc1c[nH]c(=O)[nH]1. The first-order chi connectivity index (χ1) is 8.72. The van der Waals surface area contributed by atoms with Gasteiger partial charge in [-0.25, -0.2) is 4.79 Å². The smallest absolute Gasteiger partial charge is 0.323 e. The molecule has 0 aliphatic rings. The number of unbranched alkanes of at least 4 members (excludes halogenated alkanes) is 4. The van der Waals surface area contributed by atoms with Crippen LogP contribution in [0.25, 0.3) is 0 Å². The van der Waals surface area contributed by atoms with Crippen LogP contribution in [0.2, 0.25) is 0 Å². The highest BCUT2D eigenvalue weighted by Crippen LogP contribution is 2.03. The minimum absolute atomic E-state index is 0.201. The van der Waals surface area contributed by atoms with Crippen LogP contribution in [0.1, 0.15) is 51.1 Å². The van der Waals surface area contributed by atoms with Gasteiger partial charge in [-0.3, -0.25) is 4.79 Å². The number of rotatable bonds is 9. The number of aryl methyl sites for hydroxylation is 1. The molecule has 5 nitrogen and oxygen atoms in total. The Labute approximate surface area is 107 Å². The van der Waals surface area contributed by atoms with E-state index in [4.69, 9.17) is 4.74 Å². The molecule has 0 fully saturated rings. The Morgan fingerprint density at radius 1 is 1.28 bits per heavy atom. The van der Waals surface area contributed by atoms with E-state index in [9.17, 15) is 9.59 Å². The van der Waals surface area contributed by atoms with Crippen molar-refractivity contribution in [2.24, 2.45) is 0 Å². The third kappa shape index (κ3) is 6.27. The van der Waals surface area contributed by atoms with Crippen LogP contribution in [-0.4, -0.2) is 22.5 Å². The van der Waals surface area contributed by atoms with Gasteiger partial charge in [-0.2, -0.15) is 0 Å². The molecule has 1 rings (SSSR count). The van der Waals surface area contributed by atoms with Gasteiger partial charge >= 0.3 is 11.7 Å². The first kappa shape index (κ1) is 14.5. The van der Waals surface area contributed by atoms with Gasteiger partial charge in [-0.1, -0.05) is 32.6 Å². The van der Waals surface area contributed by atoms with Crippen molar-refractivity contribution in [1.29, 1.82) is 0 Å². The summed E-state index contributed by atoms with van der Waals surface area (Å²) in [7, 11) is 0. The molecule has 0 bridgehead atoms. The highest BCUT2D eigenvalue weighted by atomic mass is 16.5. The van der Waals surface area contributed by atoms with Crippen LogP contribution in [0.15, 0.2) is 11.0 Å². The van der Waals surface area contributed by atoms with Crippen LogP contribution in [0, 0.1) is 0 Å². The molecule has 0 amide bonds. The maximum Gasteiger partial charge on any atom is 0.323 e. The van der Waals surface area contributed by atoms with Gasteiger partial charge < -0.3 is 14.7 Å². The molecule has 102 valence electrons. The predicted molar refractivity (Wildman–Crippen MR) is 69.5 cm³/mol. The van der Waals surface area contributed by atoms with Gasteiger partial charge in [0, 0.05) is 11.9 Å². The van der Waals surface area contributed by atoms with E-state index < -0.39 is 0 Å². The lowest BCUT2D eigenvalue weighted by Crippen LogP contribution is -2.08. The van der Waals surface area contributed by atoms with E-state index in [1.165, 1.54) is 19.3 Å². The lowest BCUT2D eigenvalue weighted by atomic mass is 10.2. The normalized spacial score (nSPS) is 10.5. The zero-order chi connectivity index (χ0) is 13.2. The van der Waals surface area contributed by atoms with Gasteiger partial charge in [0.1, 0.15) is 0 Å². The fraction of sp³-hybridized carbons (Fsp3) is 0.692. The zero-order valence-corrected chi connectivity index (χ0v) is 11.0. The second kappa shape index (κ2) is 8.55. The zero-order valence-electron chi connectivity index (χ0n) is 11.0. The van der Waals surface area contributed by atoms with Crippen LogP contribution in [0.5, 0.6) is 0 Å². The molecule has 1 heterocycles. The van der Waals surface area contributed by atoms with E-state index in [0.717, 1.165) is 18.5 Å². The summed E-state index contributed by atoms with van der Waals surface area (Å²) < 4.78 is 5.11. The highest BCUT2D eigenvalue weighted by Gasteiger charge is 2.04. The van der Waals surface area contributed by atoms with E-state index in [1.807, 2.05) is 0 Å². The Balaban J connectivity index is 2.02. The number of carbonyl (C=O) groups is 1. The van der Waals surface area contributed by atoms with Crippen molar-refractivity contribution in [3.05, 3.63) is 22.4 Å². The molecular formula is C13H22N2O3. The van der Waals surface area contributed by atoms with Crippen molar-refractivity contribution in [2.45, 2.75) is 51.9 Å². The van der Waals surface area contributed by atoms with Crippen molar-refractivity contribution < 1.29 is 9.53 Å². The van der Waals surface area contributed by atoms with Gasteiger partial charge in [0.2, 0.25) is 0 Å².